The zero-order valence-electron chi connectivity index (χ0n) is 11.5. The van der Waals surface area contributed by atoms with E-state index in [1.807, 2.05) is 19.1 Å². The van der Waals surface area contributed by atoms with Gasteiger partial charge in [-0.05, 0) is 62.5 Å². The van der Waals surface area contributed by atoms with Crippen molar-refractivity contribution in [3.8, 4) is 0 Å². The Bertz CT molecular complexity index is 681. The van der Waals surface area contributed by atoms with Gasteiger partial charge in [0.05, 0.1) is 14.7 Å². The summed E-state index contributed by atoms with van der Waals surface area (Å²) in [6.07, 6.45) is 0. The molecule has 4 N–H and O–H groups in total. The van der Waals surface area contributed by atoms with E-state index >= 15 is 0 Å². The van der Waals surface area contributed by atoms with E-state index in [0.29, 0.717) is 10.6 Å². The largest absolute Gasteiger partial charge is 0.351 e. The molecule has 3 amide bonds. The Morgan fingerprint density at radius 2 is 1.86 bits per heavy atom. The molecule has 1 aromatic heterocycles. The number of hydrogen-bond acceptors (Lipinski definition) is 3. The van der Waals surface area contributed by atoms with Gasteiger partial charge in [-0.15, -0.1) is 11.3 Å². The quantitative estimate of drug-likeness (QED) is 0.655. The Kier molecular flexibility index (Phi) is 5.60. The Labute approximate surface area is 148 Å². The number of nitrogens with one attached hydrogen (secondary N) is 2. The summed E-state index contributed by atoms with van der Waals surface area (Å²) in [5.74, 6) is -0.136. The molecule has 0 aliphatic carbocycles. The molecule has 0 aliphatic rings. The molecule has 0 radical (unpaired) electrons. The smallest absolute Gasteiger partial charge is 0.316 e. The van der Waals surface area contributed by atoms with Gasteiger partial charge in [-0.25, -0.2) is 4.79 Å². The van der Waals surface area contributed by atoms with E-state index < -0.39 is 6.03 Å². The summed E-state index contributed by atoms with van der Waals surface area (Å²) in [5, 5.41) is 5.42. The van der Waals surface area contributed by atoms with Crippen molar-refractivity contribution in [2.75, 3.05) is 5.32 Å². The molecule has 0 aliphatic heterocycles. The third-order valence-corrected chi connectivity index (χ3v) is 6.15. The van der Waals surface area contributed by atoms with Gasteiger partial charge < -0.3 is 16.4 Å². The molecule has 2 rings (SSSR count). The number of carbonyl (C=O) groups excluding carboxylic acids is 2. The number of primary amides is 1. The Hall–Kier alpha value is -1.38. The van der Waals surface area contributed by atoms with Crippen molar-refractivity contribution < 1.29 is 9.59 Å². The molecule has 0 spiro atoms. The topological polar surface area (TPSA) is 84.2 Å². The molecule has 1 atom stereocenters. The van der Waals surface area contributed by atoms with Crippen LogP contribution in [0.25, 0.3) is 0 Å². The molecule has 116 valence electrons. The maximum atomic E-state index is 12.2. The molecule has 0 saturated carbocycles. The SMILES string of the molecule is C[C@H](NC(=O)c1cc(Br)c(Br)s1)c1ccc(NC(N)=O)cc1. The average molecular weight is 447 g/mol. The highest BCUT2D eigenvalue weighted by molar-refractivity contribution is 9.13. The van der Waals surface area contributed by atoms with Gasteiger partial charge in [-0.3, -0.25) is 4.79 Å². The molecule has 0 fully saturated rings. The van der Waals surface area contributed by atoms with E-state index in [1.165, 1.54) is 11.3 Å². The lowest BCUT2D eigenvalue weighted by molar-refractivity contribution is 0.0944. The summed E-state index contributed by atoms with van der Waals surface area (Å²) in [5.41, 5.74) is 6.59. The van der Waals surface area contributed by atoms with Crippen LogP contribution in [-0.4, -0.2) is 11.9 Å². The van der Waals surface area contributed by atoms with E-state index in [4.69, 9.17) is 5.73 Å². The summed E-state index contributed by atoms with van der Waals surface area (Å²) in [4.78, 5) is 23.6. The number of anilines is 1. The number of nitrogens with two attached hydrogens (primary N) is 1. The molecule has 2 aromatic rings. The zero-order valence-corrected chi connectivity index (χ0v) is 15.5. The van der Waals surface area contributed by atoms with Crippen LogP contribution in [0.2, 0.25) is 0 Å². The molecular weight excluding hydrogens is 434 g/mol. The van der Waals surface area contributed by atoms with E-state index in [2.05, 4.69) is 42.5 Å². The van der Waals surface area contributed by atoms with Crippen molar-refractivity contribution in [1.29, 1.82) is 0 Å². The minimum Gasteiger partial charge on any atom is -0.351 e. The van der Waals surface area contributed by atoms with Crippen LogP contribution in [0.5, 0.6) is 0 Å². The third kappa shape index (κ3) is 4.31. The van der Waals surface area contributed by atoms with Crippen molar-refractivity contribution in [1.82, 2.24) is 5.32 Å². The number of rotatable bonds is 4. The number of halogens is 2. The van der Waals surface area contributed by atoms with Crippen molar-refractivity contribution >= 4 is 60.8 Å². The van der Waals surface area contributed by atoms with Gasteiger partial charge in [0, 0.05) is 10.2 Å². The lowest BCUT2D eigenvalue weighted by Gasteiger charge is -2.14. The molecule has 22 heavy (non-hydrogen) atoms. The highest BCUT2D eigenvalue weighted by Crippen LogP contribution is 2.32. The summed E-state index contributed by atoms with van der Waals surface area (Å²) in [7, 11) is 0. The second-order valence-corrected chi connectivity index (χ2v) is 7.76. The Morgan fingerprint density at radius 3 is 2.36 bits per heavy atom. The maximum Gasteiger partial charge on any atom is 0.316 e. The van der Waals surface area contributed by atoms with E-state index in [-0.39, 0.29) is 11.9 Å². The summed E-state index contributed by atoms with van der Waals surface area (Å²) >= 11 is 8.10. The van der Waals surface area contributed by atoms with Crippen molar-refractivity contribution in [3.63, 3.8) is 0 Å². The fourth-order valence-electron chi connectivity index (χ4n) is 1.81. The molecule has 1 aromatic carbocycles. The minimum atomic E-state index is -0.608. The second-order valence-electron chi connectivity index (χ2n) is 4.54. The third-order valence-electron chi connectivity index (χ3n) is 2.89. The van der Waals surface area contributed by atoms with Crippen LogP contribution in [-0.2, 0) is 0 Å². The average Bonchev–Trinajstić information content (AvgIpc) is 2.79. The van der Waals surface area contributed by atoms with Gasteiger partial charge >= 0.3 is 6.03 Å². The van der Waals surface area contributed by atoms with Crippen LogP contribution >= 0.6 is 43.2 Å². The van der Waals surface area contributed by atoms with E-state index in [9.17, 15) is 9.59 Å². The molecular formula is C14H13Br2N3O2S. The normalized spacial score (nSPS) is 11.8. The monoisotopic (exact) mass is 445 g/mol. The van der Waals surface area contributed by atoms with Gasteiger partial charge in [-0.2, -0.15) is 0 Å². The molecule has 5 nitrogen and oxygen atoms in total. The van der Waals surface area contributed by atoms with Crippen molar-refractivity contribution in [2.45, 2.75) is 13.0 Å². The number of urea groups is 1. The van der Waals surface area contributed by atoms with Gasteiger partial charge in [0.1, 0.15) is 0 Å². The molecule has 1 heterocycles. The first-order valence-corrected chi connectivity index (χ1v) is 8.69. The predicted octanol–water partition coefficient (Wildman–Crippen LogP) is 4.25. The maximum absolute atomic E-state index is 12.2. The first kappa shape index (κ1) is 17.0. The first-order valence-electron chi connectivity index (χ1n) is 6.29. The second kappa shape index (κ2) is 7.26. The summed E-state index contributed by atoms with van der Waals surface area (Å²) in [6, 6.07) is 8.14. The zero-order chi connectivity index (χ0) is 16.3. The fraction of sp³-hybridized carbons (Fsp3) is 0.143. The van der Waals surface area contributed by atoms with Crippen LogP contribution in [0, 0.1) is 0 Å². The van der Waals surface area contributed by atoms with Crippen LogP contribution in [0.3, 0.4) is 0 Å². The van der Waals surface area contributed by atoms with Gasteiger partial charge in [0.25, 0.3) is 5.91 Å². The molecule has 0 saturated heterocycles. The number of carbonyl (C=O) groups is 2. The lowest BCUT2D eigenvalue weighted by Crippen LogP contribution is -2.26. The number of thiophene rings is 1. The highest BCUT2D eigenvalue weighted by Gasteiger charge is 2.15. The van der Waals surface area contributed by atoms with E-state index in [0.717, 1.165) is 13.8 Å². The predicted molar refractivity (Wildman–Crippen MR) is 95.2 cm³/mol. The summed E-state index contributed by atoms with van der Waals surface area (Å²) in [6.45, 7) is 1.89. The number of amides is 3. The summed E-state index contributed by atoms with van der Waals surface area (Å²) < 4.78 is 1.74. The molecule has 8 heteroatoms. The molecule has 0 unspecified atom stereocenters. The lowest BCUT2D eigenvalue weighted by atomic mass is 10.1. The molecule has 0 bridgehead atoms. The van der Waals surface area contributed by atoms with Crippen LogP contribution in [0.15, 0.2) is 38.6 Å². The van der Waals surface area contributed by atoms with Gasteiger partial charge in [0.15, 0.2) is 0 Å². The van der Waals surface area contributed by atoms with Crippen molar-refractivity contribution in [3.05, 3.63) is 49.0 Å². The van der Waals surface area contributed by atoms with E-state index in [1.54, 1.807) is 18.2 Å². The highest BCUT2D eigenvalue weighted by atomic mass is 79.9. The Balaban J connectivity index is 2.03. The minimum absolute atomic E-state index is 0.136. The van der Waals surface area contributed by atoms with Gasteiger partial charge in [-0.1, -0.05) is 12.1 Å². The van der Waals surface area contributed by atoms with Crippen LogP contribution in [0.4, 0.5) is 10.5 Å². The number of benzene rings is 1. The van der Waals surface area contributed by atoms with Gasteiger partial charge in [0.2, 0.25) is 0 Å². The number of hydrogen-bond donors (Lipinski definition) is 3. The first-order chi connectivity index (χ1) is 10.4. The van der Waals surface area contributed by atoms with Crippen LogP contribution < -0.4 is 16.4 Å². The Morgan fingerprint density at radius 1 is 1.23 bits per heavy atom. The standard InChI is InChI=1S/C14H13Br2N3O2S/c1-7(8-2-4-9(5-3-8)19-14(17)21)18-13(20)11-6-10(15)12(16)22-11/h2-7H,1H3,(H,18,20)(H3,17,19,21)/t7-/m0/s1. The van der Waals surface area contributed by atoms with Crippen molar-refractivity contribution in [2.24, 2.45) is 5.73 Å². The fourth-order valence-corrected chi connectivity index (χ4v) is 3.75. The van der Waals surface area contributed by atoms with Crippen LogP contribution in [0.1, 0.15) is 28.2 Å².